The van der Waals surface area contributed by atoms with Crippen LogP contribution in [0.2, 0.25) is 0 Å². The van der Waals surface area contributed by atoms with E-state index in [4.69, 9.17) is 4.74 Å². The van der Waals surface area contributed by atoms with Crippen molar-refractivity contribution in [1.82, 2.24) is 5.32 Å². The SMILES string of the molecule is CCC(NC(C)CCOC)c1ccccc1. The zero-order valence-corrected chi connectivity index (χ0v) is 10.6. The molecule has 0 aliphatic carbocycles. The van der Waals surface area contributed by atoms with Gasteiger partial charge in [0.15, 0.2) is 0 Å². The third-order valence-corrected chi connectivity index (χ3v) is 2.85. The van der Waals surface area contributed by atoms with Crippen molar-refractivity contribution in [2.45, 2.75) is 38.8 Å². The topological polar surface area (TPSA) is 21.3 Å². The molecule has 0 saturated heterocycles. The Balaban J connectivity index is 2.49. The van der Waals surface area contributed by atoms with Gasteiger partial charge in [-0.25, -0.2) is 0 Å². The molecule has 0 fully saturated rings. The van der Waals surface area contributed by atoms with Crippen LogP contribution in [0, 0.1) is 0 Å². The Bertz CT molecular complexity index is 273. The molecule has 2 nitrogen and oxygen atoms in total. The third kappa shape index (κ3) is 4.33. The fraction of sp³-hybridized carbons (Fsp3) is 0.571. The molecule has 90 valence electrons. The van der Waals surface area contributed by atoms with Gasteiger partial charge in [0.05, 0.1) is 0 Å². The second-order valence-corrected chi connectivity index (χ2v) is 4.22. The van der Waals surface area contributed by atoms with Crippen molar-refractivity contribution in [3.63, 3.8) is 0 Å². The van der Waals surface area contributed by atoms with Gasteiger partial charge in [0.25, 0.3) is 0 Å². The summed E-state index contributed by atoms with van der Waals surface area (Å²) in [7, 11) is 1.75. The lowest BCUT2D eigenvalue weighted by atomic mass is 10.0. The summed E-state index contributed by atoms with van der Waals surface area (Å²) in [6.07, 6.45) is 2.17. The highest BCUT2D eigenvalue weighted by molar-refractivity contribution is 5.18. The molecule has 1 N–H and O–H groups in total. The van der Waals surface area contributed by atoms with Crippen LogP contribution in [-0.4, -0.2) is 19.8 Å². The maximum absolute atomic E-state index is 5.09. The van der Waals surface area contributed by atoms with Gasteiger partial charge in [-0.05, 0) is 25.3 Å². The van der Waals surface area contributed by atoms with E-state index in [1.807, 2.05) is 0 Å². The molecule has 16 heavy (non-hydrogen) atoms. The second-order valence-electron chi connectivity index (χ2n) is 4.22. The zero-order valence-electron chi connectivity index (χ0n) is 10.6. The molecule has 0 radical (unpaired) electrons. The van der Waals surface area contributed by atoms with E-state index in [-0.39, 0.29) is 0 Å². The van der Waals surface area contributed by atoms with E-state index < -0.39 is 0 Å². The Morgan fingerprint density at radius 2 is 1.94 bits per heavy atom. The largest absolute Gasteiger partial charge is 0.385 e. The first kappa shape index (κ1) is 13.2. The Hall–Kier alpha value is -0.860. The molecule has 2 atom stereocenters. The molecular formula is C14H23NO. The maximum atomic E-state index is 5.09. The normalized spacial score (nSPS) is 14.7. The summed E-state index contributed by atoms with van der Waals surface area (Å²) in [6, 6.07) is 11.6. The van der Waals surface area contributed by atoms with Gasteiger partial charge < -0.3 is 10.1 Å². The molecule has 1 aromatic carbocycles. The van der Waals surface area contributed by atoms with Crippen LogP contribution in [0.5, 0.6) is 0 Å². The molecule has 2 heteroatoms. The van der Waals surface area contributed by atoms with Crippen LogP contribution in [0.25, 0.3) is 0 Å². The molecule has 0 aliphatic rings. The minimum Gasteiger partial charge on any atom is -0.385 e. The average Bonchev–Trinajstić information content (AvgIpc) is 2.34. The minimum atomic E-state index is 0.452. The maximum Gasteiger partial charge on any atom is 0.0476 e. The molecule has 0 aromatic heterocycles. The fourth-order valence-electron chi connectivity index (χ4n) is 1.86. The molecule has 0 amide bonds. The van der Waals surface area contributed by atoms with E-state index in [1.54, 1.807) is 7.11 Å². The summed E-state index contributed by atoms with van der Waals surface area (Å²) in [5.74, 6) is 0. The summed E-state index contributed by atoms with van der Waals surface area (Å²) in [5, 5.41) is 3.64. The van der Waals surface area contributed by atoms with Crippen molar-refractivity contribution in [1.29, 1.82) is 0 Å². The molecule has 1 rings (SSSR count). The van der Waals surface area contributed by atoms with Gasteiger partial charge in [0.2, 0.25) is 0 Å². The second kappa shape index (κ2) is 7.42. The summed E-state index contributed by atoms with van der Waals surface area (Å²) < 4.78 is 5.09. The van der Waals surface area contributed by atoms with E-state index in [0.717, 1.165) is 19.4 Å². The van der Waals surface area contributed by atoms with Crippen LogP contribution in [0.1, 0.15) is 38.3 Å². The zero-order chi connectivity index (χ0) is 11.8. The number of nitrogens with one attached hydrogen (secondary N) is 1. The number of hydrogen-bond donors (Lipinski definition) is 1. The first-order valence-electron chi connectivity index (χ1n) is 6.07. The first-order chi connectivity index (χ1) is 7.77. The van der Waals surface area contributed by atoms with Crippen LogP contribution >= 0.6 is 0 Å². The summed E-state index contributed by atoms with van der Waals surface area (Å²) in [5.41, 5.74) is 1.37. The minimum absolute atomic E-state index is 0.452. The molecule has 0 spiro atoms. The van der Waals surface area contributed by atoms with Crippen LogP contribution in [0.3, 0.4) is 0 Å². The molecule has 2 unspecified atom stereocenters. The molecule has 0 aliphatic heterocycles. The van der Waals surface area contributed by atoms with Crippen LogP contribution in [0.4, 0.5) is 0 Å². The van der Waals surface area contributed by atoms with Crippen molar-refractivity contribution in [2.75, 3.05) is 13.7 Å². The van der Waals surface area contributed by atoms with Gasteiger partial charge in [-0.3, -0.25) is 0 Å². The van der Waals surface area contributed by atoms with Gasteiger partial charge in [-0.2, -0.15) is 0 Å². The Kier molecular flexibility index (Phi) is 6.12. The van der Waals surface area contributed by atoms with Gasteiger partial charge in [-0.1, -0.05) is 37.3 Å². The Morgan fingerprint density at radius 3 is 2.50 bits per heavy atom. The van der Waals surface area contributed by atoms with E-state index >= 15 is 0 Å². The molecule has 0 heterocycles. The van der Waals surface area contributed by atoms with Crippen molar-refractivity contribution < 1.29 is 4.74 Å². The molecular weight excluding hydrogens is 198 g/mol. The van der Waals surface area contributed by atoms with E-state index in [9.17, 15) is 0 Å². The first-order valence-corrected chi connectivity index (χ1v) is 6.07. The van der Waals surface area contributed by atoms with E-state index in [1.165, 1.54) is 5.56 Å². The number of rotatable bonds is 7. The Labute approximate surface area is 99.0 Å². The van der Waals surface area contributed by atoms with Crippen molar-refractivity contribution in [3.05, 3.63) is 35.9 Å². The van der Waals surface area contributed by atoms with Crippen molar-refractivity contribution in [3.8, 4) is 0 Å². The van der Waals surface area contributed by atoms with Crippen LogP contribution in [0.15, 0.2) is 30.3 Å². The average molecular weight is 221 g/mol. The highest BCUT2D eigenvalue weighted by Crippen LogP contribution is 2.17. The van der Waals surface area contributed by atoms with Crippen LogP contribution in [-0.2, 0) is 4.74 Å². The van der Waals surface area contributed by atoms with Gasteiger partial charge in [0.1, 0.15) is 0 Å². The molecule has 0 saturated carbocycles. The lowest BCUT2D eigenvalue weighted by molar-refractivity contribution is 0.182. The lowest BCUT2D eigenvalue weighted by Gasteiger charge is -2.22. The number of hydrogen-bond acceptors (Lipinski definition) is 2. The lowest BCUT2D eigenvalue weighted by Crippen LogP contribution is -2.31. The number of ether oxygens (including phenoxy) is 1. The van der Waals surface area contributed by atoms with Gasteiger partial charge in [0, 0.05) is 25.8 Å². The van der Waals surface area contributed by atoms with Crippen LogP contribution < -0.4 is 5.32 Å². The molecule has 1 aromatic rings. The fourth-order valence-corrected chi connectivity index (χ4v) is 1.86. The van der Waals surface area contributed by atoms with E-state index in [2.05, 4.69) is 49.5 Å². The Morgan fingerprint density at radius 1 is 1.25 bits per heavy atom. The number of methoxy groups -OCH3 is 1. The van der Waals surface area contributed by atoms with Crippen molar-refractivity contribution in [2.24, 2.45) is 0 Å². The quantitative estimate of drug-likeness (QED) is 0.763. The predicted molar refractivity (Wildman–Crippen MR) is 68.6 cm³/mol. The predicted octanol–water partition coefficient (Wildman–Crippen LogP) is 3.15. The summed E-state index contributed by atoms with van der Waals surface area (Å²) >= 11 is 0. The number of benzene rings is 1. The third-order valence-electron chi connectivity index (χ3n) is 2.85. The standard InChI is InChI=1S/C14H23NO/c1-4-14(13-8-6-5-7-9-13)15-12(2)10-11-16-3/h5-9,12,14-15H,4,10-11H2,1-3H3. The smallest absolute Gasteiger partial charge is 0.0476 e. The summed E-state index contributed by atoms with van der Waals surface area (Å²) in [4.78, 5) is 0. The van der Waals surface area contributed by atoms with Gasteiger partial charge in [-0.15, -0.1) is 0 Å². The van der Waals surface area contributed by atoms with E-state index in [0.29, 0.717) is 12.1 Å². The van der Waals surface area contributed by atoms with Crippen molar-refractivity contribution >= 4 is 0 Å². The molecule has 0 bridgehead atoms. The summed E-state index contributed by atoms with van der Waals surface area (Å²) in [6.45, 7) is 5.25. The van der Waals surface area contributed by atoms with Gasteiger partial charge >= 0.3 is 0 Å². The highest BCUT2D eigenvalue weighted by atomic mass is 16.5. The monoisotopic (exact) mass is 221 g/mol. The highest BCUT2D eigenvalue weighted by Gasteiger charge is 2.11.